The minimum Gasteiger partial charge on any atom is -0.497 e. The number of nitrogens with zero attached hydrogens (tertiary/aromatic N) is 3. The summed E-state index contributed by atoms with van der Waals surface area (Å²) in [5, 5.41) is 4.52. The molecule has 0 radical (unpaired) electrons. The molecule has 1 aliphatic carbocycles. The van der Waals surface area contributed by atoms with Gasteiger partial charge in [-0.2, -0.15) is 0 Å². The first-order valence-electron chi connectivity index (χ1n) is 28.2. The van der Waals surface area contributed by atoms with E-state index in [9.17, 15) is 5.53 Å². The summed E-state index contributed by atoms with van der Waals surface area (Å²) in [5.74, 6) is 0.704. The molecule has 1 heterocycles. The third-order valence-corrected chi connectivity index (χ3v) is 14.7. The van der Waals surface area contributed by atoms with Gasteiger partial charge >= 0.3 is 0 Å². The summed E-state index contributed by atoms with van der Waals surface area (Å²) in [6, 6.07) is 76.1. The molecule has 0 N–H and O–H groups in total. The van der Waals surface area contributed by atoms with E-state index in [4.69, 9.17) is 52.1 Å². The third kappa shape index (κ3) is 16.8. The number of hydrogen-bond donors (Lipinski definition) is 0. The second kappa shape index (κ2) is 31.2. The van der Waals surface area contributed by atoms with Crippen molar-refractivity contribution in [2.24, 2.45) is 5.11 Å². The first-order chi connectivity index (χ1) is 41.1. The number of ether oxygens (including phenoxy) is 11. The molecule has 2 aliphatic rings. The van der Waals surface area contributed by atoms with E-state index in [2.05, 4.69) is 10.0 Å². The third-order valence-electron chi connectivity index (χ3n) is 14.7. The SMILES string of the molecule is COc1ccc(CO[C@@H]2[C@H](OCc3ccccc3)[C@H](OCc3ccccc3)[C@@H](OCc3ccccc3)[C@H](OCc3ccccc3)[C@H]2O[C@H]2O[C@H](COCc3ccccc3)[C@@H](OCc3ccccc3)[C@H](OCc3ccccc3)[C@H]2N=[N+]=[N-])cc1. The molecule has 10 rings (SSSR count). The molecule has 2 fully saturated rings. The Bertz CT molecular complexity index is 3130. The number of methoxy groups -OCH3 is 1. The Labute approximate surface area is 486 Å². The van der Waals surface area contributed by atoms with Gasteiger partial charge in [0, 0.05) is 4.91 Å². The van der Waals surface area contributed by atoms with Crippen LogP contribution in [0.5, 0.6) is 5.75 Å². The van der Waals surface area contributed by atoms with E-state index in [0.717, 1.165) is 44.5 Å². The van der Waals surface area contributed by atoms with Crippen molar-refractivity contribution in [1.82, 2.24) is 0 Å². The van der Waals surface area contributed by atoms with Crippen LogP contribution >= 0.6 is 0 Å². The molecule has 1 aliphatic heterocycles. The van der Waals surface area contributed by atoms with Gasteiger partial charge in [0.15, 0.2) is 6.29 Å². The normalized spacial score (nSPS) is 23.2. The van der Waals surface area contributed by atoms with Crippen LogP contribution in [0.25, 0.3) is 10.4 Å². The van der Waals surface area contributed by atoms with Crippen molar-refractivity contribution in [3.63, 3.8) is 0 Å². The van der Waals surface area contributed by atoms with Gasteiger partial charge in [-0.25, -0.2) is 0 Å². The van der Waals surface area contributed by atoms with Crippen molar-refractivity contribution in [3.8, 4) is 5.75 Å². The fraction of sp³-hybridized carbons (Fsp3) is 0.304. The predicted octanol–water partition coefficient (Wildman–Crippen LogP) is 13.1. The number of hydrogen-bond acceptors (Lipinski definition) is 12. The zero-order valence-corrected chi connectivity index (χ0v) is 46.6. The molecule has 0 amide bonds. The second-order valence-corrected chi connectivity index (χ2v) is 20.5. The second-order valence-electron chi connectivity index (χ2n) is 20.5. The van der Waals surface area contributed by atoms with Crippen molar-refractivity contribution in [3.05, 3.63) is 292 Å². The maximum atomic E-state index is 10.7. The summed E-state index contributed by atoms with van der Waals surface area (Å²) in [5.41, 5.74) is 18.1. The van der Waals surface area contributed by atoms with Gasteiger partial charge in [-0.05, 0) is 62.2 Å². The number of benzene rings is 8. The van der Waals surface area contributed by atoms with E-state index in [-0.39, 0.29) is 59.5 Å². The molecule has 14 heteroatoms. The van der Waals surface area contributed by atoms with E-state index in [0.29, 0.717) is 5.75 Å². The molecule has 1 saturated heterocycles. The minimum atomic E-state index is -1.32. The van der Waals surface area contributed by atoms with Crippen LogP contribution in [0.15, 0.2) is 242 Å². The van der Waals surface area contributed by atoms with E-state index in [1.807, 2.05) is 237 Å². The highest BCUT2D eigenvalue weighted by Crippen LogP contribution is 2.40. The van der Waals surface area contributed by atoms with Gasteiger partial charge in [0.1, 0.15) is 66.7 Å². The van der Waals surface area contributed by atoms with E-state index in [1.54, 1.807) is 7.11 Å². The van der Waals surface area contributed by atoms with Crippen LogP contribution in [-0.4, -0.2) is 81.0 Å². The lowest BCUT2D eigenvalue weighted by Crippen LogP contribution is -2.69. The van der Waals surface area contributed by atoms with Gasteiger partial charge in [-0.3, -0.25) is 0 Å². The Morgan fingerprint density at radius 3 is 0.964 bits per heavy atom. The highest BCUT2D eigenvalue weighted by Gasteiger charge is 2.58. The molecular formula is C69H71N3O11. The molecular weight excluding hydrogens is 1050 g/mol. The molecule has 0 unspecified atom stereocenters. The van der Waals surface area contributed by atoms with Gasteiger partial charge in [0.25, 0.3) is 0 Å². The molecule has 83 heavy (non-hydrogen) atoms. The standard InChI is InChI=1S/C69H71N3O11/c1-73-58-39-37-57(38-40-58)48-81-67-65(79-46-55-33-19-7-20-34-55)63(77-44-53-29-15-5-16-30-53)64(78-45-54-31-17-6-18-32-54)66(80-47-56-35-21-8-22-36-56)68(67)83-69-60(71-72-70)62(76-43-52-27-13-4-14-28-52)61(75-42-51-25-11-3-12-26-51)59(82-69)49-74-41-50-23-9-2-10-24-50/h2-40,59-69H,41-49H2,1H3/t59-,60-,61-,62-,63-,64-,65-,66+,67-,68-,69-/m1/s1. The highest BCUT2D eigenvalue weighted by atomic mass is 16.7. The summed E-state index contributed by atoms with van der Waals surface area (Å²) in [7, 11) is 1.64. The van der Waals surface area contributed by atoms with Crippen molar-refractivity contribution in [2.45, 2.75) is 120 Å². The van der Waals surface area contributed by atoms with E-state index >= 15 is 0 Å². The summed E-state index contributed by atoms with van der Waals surface area (Å²) in [6.07, 6.45) is -9.55. The Kier molecular flexibility index (Phi) is 22.1. The zero-order chi connectivity index (χ0) is 56.7. The lowest BCUT2D eigenvalue weighted by atomic mass is 9.83. The topological polar surface area (TPSA) is 150 Å². The lowest BCUT2D eigenvalue weighted by Gasteiger charge is -2.52. The van der Waals surface area contributed by atoms with Crippen LogP contribution in [-0.2, 0) is 100 Å². The van der Waals surface area contributed by atoms with Crippen LogP contribution in [0.2, 0.25) is 0 Å². The molecule has 0 spiro atoms. The van der Waals surface area contributed by atoms with E-state index in [1.165, 1.54) is 0 Å². The van der Waals surface area contributed by atoms with Gasteiger partial charge < -0.3 is 52.1 Å². The number of azide groups is 1. The molecule has 0 bridgehead atoms. The van der Waals surface area contributed by atoms with Crippen LogP contribution in [0.1, 0.15) is 44.5 Å². The minimum absolute atomic E-state index is 0.0550. The van der Waals surface area contributed by atoms with Crippen molar-refractivity contribution in [2.75, 3.05) is 13.7 Å². The highest BCUT2D eigenvalue weighted by molar-refractivity contribution is 5.27. The van der Waals surface area contributed by atoms with Crippen molar-refractivity contribution >= 4 is 0 Å². The fourth-order valence-electron chi connectivity index (χ4n) is 10.5. The smallest absolute Gasteiger partial charge is 0.169 e. The average molecular weight is 1120 g/mol. The molecule has 428 valence electrons. The van der Waals surface area contributed by atoms with Gasteiger partial charge in [-0.15, -0.1) is 0 Å². The summed E-state index contributed by atoms with van der Waals surface area (Å²) >= 11 is 0. The first-order valence-corrected chi connectivity index (χ1v) is 28.2. The van der Waals surface area contributed by atoms with Crippen LogP contribution < -0.4 is 4.74 Å². The fourth-order valence-corrected chi connectivity index (χ4v) is 10.5. The maximum absolute atomic E-state index is 10.7. The van der Waals surface area contributed by atoms with E-state index < -0.39 is 67.3 Å². The number of rotatable bonds is 29. The molecule has 8 aromatic rings. The maximum Gasteiger partial charge on any atom is 0.169 e. The van der Waals surface area contributed by atoms with Crippen LogP contribution in [0, 0.1) is 0 Å². The molecule has 14 nitrogen and oxygen atoms in total. The molecule has 0 aromatic heterocycles. The van der Waals surface area contributed by atoms with Crippen LogP contribution in [0.3, 0.4) is 0 Å². The van der Waals surface area contributed by atoms with Gasteiger partial charge in [-0.1, -0.05) is 230 Å². The lowest BCUT2D eigenvalue weighted by molar-refractivity contribution is -0.343. The zero-order valence-electron chi connectivity index (χ0n) is 46.6. The Hall–Kier alpha value is -7.53. The Balaban J connectivity index is 1.10. The predicted molar refractivity (Wildman–Crippen MR) is 314 cm³/mol. The Morgan fingerprint density at radius 1 is 0.349 bits per heavy atom. The van der Waals surface area contributed by atoms with Gasteiger partial charge in [0.2, 0.25) is 0 Å². The Morgan fingerprint density at radius 2 is 0.639 bits per heavy atom. The van der Waals surface area contributed by atoms with Crippen molar-refractivity contribution in [1.29, 1.82) is 0 Å². The first kappa shape index (κ1) is 58.7. The van der Waals surface area contributed by atoms with Crippen molar-refractivity contribution < 1.29 is 52.1 Å². The summed E-state index contributed by atoms with van der Waals surface area (Å²) < 4.78 is 77.1. The largest absolute Gasteiger partial charge is 0.497 e. The van der Waals surface area contributed by atoms with Crippen LogP contribution in [0.4, 0.5) is 0 Å². The molecule has 1 saturated carbocycles. The molecule has 11 atom stereocenters. The monoisotopic (exact) mass is 1120 g/mol. The molecule has 8 aromatic carbocycles. The summed E-state index contributed by atoms with van der Waals surface area (Å²) in [4.78, 5) is 3.47. The van der Waals surface area contributed by atoms with Gasteiger partial charge in [0.05, 0.1) is 66.6 Å². The quantitative estimate of drug-likeness (QED) is 0.0250. The average Bonchev–Trinajstić information content (AvgIpc) is 3.73. The summed E-state index contributed by atoms with van der Waals surface area (Å²) in [6.45, 7) is 1.56.